The normalized spacial score (nSPS) is 19.2. The number of nitrogens with one attached hydrogen (secondary N) is 2. The van der Waals surface area contributed by atoms with Crippen molar-refractivity contribution in [3.05, 3.63) is 24.3 Å². The van der Waals surface area contributed by atoms with E-state index in [4.69, 9.17) is 5.11 Å². The Morgan fingerprint density at radius 3 is 2.59 bits per heavy atom. The summed E-state index contributed by atoms with van der Waals surface area (Å²) in [5.74, 6) is 0.208. The first-order chi connectivity index (χ1) is 7.75. The van der Waals surface area contributed by atoms with Gasteiger partial charge < -0.3 is 15.7 Å². The highest BCUT2D eigenvalue weighted by atomic mass is 35.5. The summed E-state index contributed by atoms with van der Waals surface area (Å²) in [6.45, 7) is 0.910. The molecule has 4 nitrogen and oxygen atoms in total. The van der Waals surface area contributed by atoms with E-state index >= 15 is 0 Å². The minimum absolute atomic E-state index is 0. The lowest BCUT2D eigenvalue weighted by Crippen LogP contribution is -2.43. The number of aromatic hydroxyl groups is 1. The van der Waals surface area contributed by atoms with Crippen LogP contribution in [-0.4, -0.2) is 23.6 Å². The first-order valence-corrected chi connectivity index (χ1v) is 5.59. The molecule has 1 aromatic rings. The van der Waals surface area contributed by atoms with Crippen LogP contribution in [0.4, 0.5) is 5.69 Å². The molecule has 0 unspecified atom stereocenters. The van der Waals surface area contributed by atoms with Crippen molar-refractivity contribution in [2.75, 3.05) is 11.9 Å². The van der Waals surface area contributed by atoms with Crippen molar-refractivity contribution in [1.82, 2.24) is 5.32 Å². The number of carbonyl (C=O) groups is 1. The minimum Gasteiger partial charge on any atom is -0.508 e. The second kappa shape index (κ2) is 6.47. The summed E-state index contributed by atoms with van der Waals surface area (Å²) in [4.78, 5) is 11.8. The number of benzene rings is 1. The number of amides is 1. The predicted octanol–water partition coefficient (Wildman–Crippen LogP) is 1.89. The third-order valence-corrected chi connectivity index (χ3v) is 2.76. The van der Waals surface area contributed by atoms with E-state index < -0.39 is 0 Å². The minimum atomic E-state index is -0.0810. The molecule has 1 amide bonds. The molecule has 0 radical (unpaired) electrons. The number of phenolic OH excluding ortho intramolecular Hbond substituents is 1. The molecule has 5 heteroatoms. The zero-order valence-electron chi connectivity index (χ0n) is 9.48. The van der Waals surface area contributed by atoms with Gasteiger partial charge in [0.15, 0.2) is 0 Å². The van der Waals surface area contributed by atoms with E-state index in [2.05, 4.69) is 10.6 Å². The largest absolute Gasteiger partial charge is 0.508 e. The highest BCUT2D eigenvalue weighted by molar-refractivity contribution is 5.94. The highest BCUT2D eigenvalue weighted by Gasteiger charge is 2.20. The Morgan fingerprint density at radius 1 is 1.29 bits per heavy atom. The zero-order chi connectivity index (χ0) is 11.4. The average Bonchev–Trinajstić information content (AvgIpc) is 2.33. The lowest BCUT2D eigenvalue weighted by Gasteiger charge is -2.22. The molecule has 17 heavy (non-hydrogen) atoms. The topological polar surface area (TPSA) is 61.4 Å². The molecule has 0 aliphatic carbocycles. The van der Waals surface area contributed by atoms with Gasteiger partial charge in [-0.3, -0.25) is 4.79 Å². The monoisotopic (exact) mass is 256 g/mol. The molecule has 2 rings (SSSR count). The Hall–Kier alpha value is -1.26. The van der Waals surface area contributed by atoms with E-state index in [0.29, 0.717) is 0 Å². The molecule has 0 bridgehead atoms. The molecule has 1 aliphatic rings. The molecule has 0 saturated carbocycles. The van der Waals surface area contributed by atoms with Crippen LogP contribution >= 0.6 is 12.4 Å². The average molecular weight is 257 g/mol. The van der Waals surface area contributed by atoms with Crippen LogP contribution in [0.1, 0.15) is 19.3 Å². The van der Waals surface area contributed by atoms with Crippen LogP contribution < -0.4 is 10.6 Å². The molecule has 94 valence electrons. The van der Waals surface area contributed by atoms with E-state index in [1.165, 1.54) is 0 Å². The van der Waals surface area contributed by atoms with Crippen LogP contribution in [0, 0.1) is 0 Å². The third-order valence-electron chi connectivity index (χ3n) is 2.76. The quantitative estimate of drug-likeness (QED) is 0.709. The number of phenols is 1. The summed E-state index contributed by atoms with van der Waals surface area (Å²) in [6.07, 6.45) is 3.13. The molecule has 1 saturated heterocycles. The number of rotatable bonds is 2. The summed E-state index contributed by atoms with van der Waals surface area (Å²) in [6, 6.07) is 6.42. The van der Waals surface area contributed by atoms with Crippen molar-refractivity contribution >= 4 is 24.0 Å². The number of hydrogen-bond acceptors (Lipinski definition) is 3. The van der Waals surface area contributed by atoms with Gasteiger partial charge in [0.05, 0.1) is 6.04 Å². The van der Waals surface area contributed by atoms with E-state index in [1.54, 1.807) is 24.3 Å². The summed E-state index contributed by atoms with van der Waals surface area (Å²) in [7, 11) is 0. The molecule has 1 fully saturated rings. The van der Waals surface area contributed by atoms with Gasteiger partial charge in [0.1, 0.15) is 5.75 Å². The lowest BCUT2D eigenvalue weighted by atomic mass is 10.0. The Labute approximate surface area is 107 Å². The van der Waals surface area contributed by atoms with Crippen LogP contribution in [-0.2, 0) is 4.79 Å². The second-order valence-electron chi connectivity index (χ2n) is 4.04. The molecule has 0 aromatic heterocycles. The van der Waals surface area contributed by atoms with Crippen molar-refractivity contribution < 1.29 is 9.90 Å². The van der Waals surface area contributed by atoms with Gasteiger partial charge in [-0.1, -0.05) is 6.42 Å². The number of anilines is 1. The maximum Gasteiger partial charge on any atom is 0.241 e. The zero-order valence-corrected chi connectivity index (χ0v) is 10.3. The molecule has 1 atom stereocenters. The first kappa shape index (κ1) is 13.8. The van der Waals surface area contributed by atoms with Crippen LogP contribution in [0.25, 0.3) is 0 Å². The molecular formula is C12H17ClN2O2. The Balaban J connectivity index is 0.00000144. The standard InChI is InChI=1S/C12H16N2O2.ClH/c15-10-6-4-9(5-7-10)14-12(16)11-3-1-2-8-13-11;/h4-7,11,13,15H,1-3,8H2,(H,14,16);1H/t11-;/m1./s1. The van der Waals surface area contributed by atoms with Gasteiger partial charge in [-0.05, 0) is 43.7 Å². The number of carbonyl (C=O) groups excluding carboxylic acids is 1. The van der Waals surface area contributed by atoms with E-state index in [0.717, 1.165) is 31.5 Å². The fourth-order valence-corrected chi connectivity index (χ4v) is 1.85. The molecule has 1 aromatic carbocycles. The van der Waals surface area contributed by atoms with Crippen LogP contribution in [0.15, 0.2) is 24.3 Å². The van der Waals surface area contributed by atoms with Crippen LogP contribution in [0.5, 0.6) is 5.75 Å². The van der Waals surface area contributed by atoms with Crippen molar-refractivity contribution in [3.8, 4) is 5.75 Å². The van der Waals surface area contributed by atoms with E-state index in [-0.39, 0.29) is 30.1 Å². The SMILES string of the molecule is Cl.O=C(Nc1ccc(O)cc1)[C@H]1CCCCN1. The van der Waals surface area contributed by atoms with Gasteiger partial charge in [0.2, 0.25) is 5.91 Å². The molecule has 1 aliphatic heterocycles. The van der Waals surface area contributed by atoms with Gasteiger partial charge in [-0.25, -0.2) is 0 Å². The number of halogens is 1. The predicted molar refractivity (Wildman–Crippen MR) is 69.6 cm³/mol. The third kappa shape index (κ3) is 3.91. The molecule has 0 spiro atoms. The maximum absolute atomic E-state index is 11.8. The smallest absolute Gasteiger partial charge is 0.241 e. The second-order valence-corrected chi connectivity index (χ2v) is 4.04. The van der Waals surface area contributed by atoms with Crippen LogP contribution in [0.2, 0.25) is 0 Å². The fraction of sp³-hybridized carbons (Fsp3) is 0.417. The van der Waals surface area contributed by atoms with Gasteiger partial charge >= 0.3 is 0 Å². The molecule has 3 N–H and O–H groups in total. The number of hydrogen-bond donors (Lipinski definition) is 3. The fourth-order valence-electron chi connectivity index (χ4n) is 1.85. The highest BCUT2D eigenvalue weighted by Crippen LogP contribution is 2.15. The van der Waals surface area contributed by atoms with Gasteiger partial charge in [-0.2, -0.15) is 0 Å². The maximum atomic E-state index is 11.8. The summed E-state index contributed by atoms with van der Waals surface area (Å²) < 4.78 is 0. The van der Waals surface area contributed by atoms with E-state index in [1.807, 2.05) is 0 Å². The molecular weight excluding hydrogens is 240 g/mol. The van der Waals surface area contributed by atoms with E-state index in [9.17, 15) is 4.79 Å². The van der Waals surface area contributed by atoms with Crippen LogP contribution in [0.3, 0.4) is 0 Å². The Kier molecular flexibility index (Phi) is 5.25. The summed E-state index contributed by atoms with van der Waals surface area (Å²) in [5.41, 5.74) is 0.718. The number of piperidine rings is 1. The van der Waals surface area contributed by atoms with Crippen molar-refractivity contribution in [1.29, 1.82) is 0 Å². The Morgan fingerprint density at radius 2 is 2.00 bits per heavy atom. The van der Waals surface area contributed by atoms with Crippen molar-refractivity contribution in [2.45, 2.75) is 25.3 Å². The molecule has 1 heterocycles. The first-order valence-electron chi connectivity index (χ1n) is 5.59. The van der Waals surface area contributed by atoms with Gasteiger partial charge in [0, 0.05) is 5.69 Å². The van der Waals surface area contributed by atoms with Crippen molar-refractivity contribution in [2.24, 2.45) is 0 Å². The lowest BCUT2D eigenvalue weighted by molar-refractivity contribution is -0.118. The Bertz CT molecular complexity index is 361. The van der Waals surface area contributed by atoms with Gasteiger partial charge in [-0.15, -0.1) is 12.4 Å². The summed E-state index contributed by atoms with van der Waals surface area (Å²) >= 11 is 0. The van der Waals surface area contributed by atoms with Gasteiger partial charge in [0.25, 0.3) is 0 Å². The van der Waals surface area contributed by atoms with Crippen molar-refractivity contribution in [3.63, 3.8) is 0 Å². The summed E-state index contributed by atoms with van der Waals surface area (Å²) in [5, 5.41) is 15.1.